The van der Waals surface area contributed by atoms with E-state index in [0.29, 0.717) is 24.9 Å². The Labute approximate surface area is 266 Å². The molecule has 3 N–H and O–H groups in total. The van der Waals surface area contributed by atoms with Crippen LogP contribution in [0.3, 0.4) is 0 Å². The van der Waals surface area contributed by atoms with E-state index >= 15 is 0 Å². The summed E-state index contributed by atoms with van der Waals surface area (Å²) in [5.74, 6) is -5.00. The van der Waals surface area contributed by atoms with Crippen molar-refractivity contribution in [3.8, 4) is 6.07 Å². The minimum absolute atomic E-state index is 0. The lowest BCUT2D eigenvalue weighted by Gasteiger charge is -2.40. The number of likely N-dealkylation sites (tertiary alicyclic amines) is 2. The molecule has 2 aliphatic heterocycles. The van der Waals surface area contributed by atoms with Gasteiger partial charge < -0.3 is 25.0 Å². The first-order valence-electron chi connectivity index (χ1n) is 14.2. The Bertz CT molecular complexity index is 1130. The molecule has 248 valence electrons. The molecule has 0 saturated carbocycles. The van der Waals surface area contributed by atoms with Crippen molar-refractivity contribution < 1.29 is 37.5 Å². The van der Waals surface area contributed by atoms with Crippen LogP contribution in [-0.4, -0.2) is 94.4 Å². The van der Waals surface area contributed by atoms with Gasteiger partial charge in [-0.1, -0.05) is 33.4 Å². The van der Waals surface area contributed by atoms with Gasteiger partial charge in [0.2, 0.25) is 0 Å². The molecule has 3 rings (SSSR count). The summed E-state index contributed by atoms with van der Waals surface area (Å²) in [7, 11) is -1.91. The third-order valence-electron chi connectivity index (χ3n) is 7.15. The molecule has 2 aliphatic rings. The molecule has 1 aromatic carbocycles. The van der Waals surface area contributed by atoms with Gasteiger partial charge in [-0.3, -0.25) is 9.69 Å². The number of alkyl carbamates (subject to hydrolysis) is 1. The Morgan fingerprint density at radius 3 is 2.27 bits per heavy atom. The molecule has 2 atom stereocenters. The van der Waals surface area contributed by atoms with Gasteiger partial charge in [0.15, 0.2) is 0 Å². The normalized spacial score (nSPS) is 20.3. The molecule has 2 fully saturated rings. The number of hydrogen-bond acceptors (Lipinski definition) is 8. The summed E-state index contributed by atoms with van der Waals surface area (Å²) in [6.07, 6.45) is 2.76. The molecule has 44 heavy (non-hydrogen) atoms. The highest BCUT2D eigenvalue weighted by Crippen LogP contribution is 2.33. The number of alkyl halides is 2. The molecular weight excluding hydrogens is 596 g/mol. The predicted molar refractivity (Wildman–Crippen MR) is 170 cm³/mol. The molecule has 1 aromatic rings. The van der Waals surface area contributed by atoms with Crippen molar-refractivity contribution >= 4 is 31.7 Å². The lowest BCUT2D eigenvalue weighted by atomic mass is 9.76. The van der Waals surface area contributed by atoms with E-state index in [1.165, 1.54) is 40.1 Å². The topological polar surface area (TPSA) is 126 Å². The quantitative estimate of drug-likeness (QED) is 0.141. The maximum atomic E-state index is 13.7. The smallest absolute Gasteiger partial charge is 0.441 e. The van der Waals surface area contributed by atoms with Gasteiger partial charge in [-0.05, 0) is 70.1 Å². The standard InChI is InChI=1S/C26H34BF3N4O5.C2H6.CH4S.CH4/c1-24(2,34-12-10-26(29,30)17-34)14-19(15-31)22(35)33-11-4-9-25(3,16-33)39-23(36)32-21(27(37)38)13-18-5-7-20(28)8-6-18;2*1-2;/h5-8,14,21,37-38H,4,9-13,16-17H2,1-3H3,(H,32,36);1-2H3;2H,1H3;1H4/t21-,25?;;;/m0.../s1. The first-order valence-corrected chi connectivity index (χ1v) is 15.1. The summed E-state index contributed by atoms with van der Waals surface area (Å²) >= 11 is 3.53. The molecule has 0 spiro atoms. The summed E-state index contributed by atoms with van der Waals surface area (Å²) in [5.41, 5.74) is -1.72. The zero-order valence-corrected chi connectivity index (χ0v) is 26.6. The fourth-order valence-corrected chi connectivity index (χ4v) is 4.96. The van der Waals surface area contributed by atoms with E-state index in [1.54, 1.807) is 27.0 Å². The Kier molecular flexibility index (Phi) is 17.2. The first kappa shape index (κ1) is 41.3. The molecule has 2 saturated heterocycles. The maximum absolute atomic E-state index is 13.7. The van der Waals surface area contributed by atoms with Crippen LogP contribution in [0.4, 0.5) is 18.0 Å². The number of carbonyl (C=O) groups excluding carboxylic acids is 2. The lowest BCUT2D eigenvalue weighted by Crippen LogP contribution is -2.54. The van der Waals surface area contributed by atoms with Crippen LogP contribution in [-0.2, 0) is 16.0 Å². The number of benzene rings is 1. The maximum Gasteiger partial charge on any atom is 0.475 e. The minimum atomic E-state index is -2.82. The second-order valence-corrected chi connectivity index (χ2v) is 11.0. The van der Waals surface area contributed by atoms with Crippen LogP contribution in [0.2, 0.25) is 0 Å². The number of rotatable bonds is 8. The van der Waals surface area contributed by atoms with Crippen molar-refractivity contribution in [2.24, 2.45) is 0 Å². The zero-order chi connectivity index (χ0) is 33.0. The van der Waals surface area contributed by atoms with E-state index in [9.17, 15) is 38.1 Å². The number of thiol groups is 1. The molecule has 2 amide bonds. The van der Waals surface area contributed by atoms with Crippen LogP contribution in [0.1, 0.15) is 66.9 Å². The second kappa shape index (κ2) is 18.3. The molecule has 0 aliphatic carbocycles. The zero-order valence-electron chi connectivity index (χ0n) is 25.7. The molecule has 0 aromatic heterocycles. The SMILES string of the molecule is C.CC.CC1(OC(=O)N[C@@H](Cc2ccc(F)cc2)B(O)O)CCCN(C(=O)C(C#N)=CC(C)(C)N2CCC(F)(F)C2)C1.CS. The number of ether oxygens (including phenoxy) is 1. The Balaban J connectivity index is 0.00000355. The van der Waals surface area contributed by atoms with Gasteiger partial charge in [0.05, 0.1) is 19.0 Å². The number of nitriles is 1. The van der Waals surface area contributed by atoms with Crippen molar-refractivity contribution in [3.63, 3.8) is 0 Å². The van der Waals surface area contributed by atoms with Crippen molar-refractivity contribution in [2.45, 2.75) is 90.7 Å². The highest BCUT2D eigenvalue weighted by Gasteiger charge is 2.44. The van der Waals surface area contributed by atoms with Crippen LogP contribution in [0.5, 0.6) is 0 Å². The van der Waals surface area contributed by atoms with Gasteiger partial charge in [0.25, 0.3) is 11.8 Å². The Morgan fingerprint density at radius 1 is 1.18 bits per heavy atom. The van der Waals surface area contributed by atoms with Gasteiger partial charge in [0.1, 0.15) is 23.1 Å². The lowest BCUT2D eigenvalue weighted by molar-refractivity contribution is -0.133. The van der Waals surface area contributed by atoms with Crippen molar-refractivity contribution in [2.75, 3.05) is 32.4 Å². The average molecular weight is 645 g/mol. The third kappa shape index (κ3) is 12.3. The number of halogens is 3. The summed E-state index contributed by atoms with van der Waals surface area (Å²) in [6, 6.07) is 7.24. The van der Waals surface area contributed by atoms with E-state index in [-0.39, 0.29) is 38.9 Å². The molecule has 0 radical (unpaired) electrons. The van der Waals surface area contributed by atoms with E-state index in [0.717, 1.165) is 0 Å². The number of piperidine rings is 1. The molecular formula is C30H48BF3N4O5S. The van der Waals surface area contributed by atoms with Crippen LogP contribution in [0, 0.1) is 17.1 Å². The summed E-state index contributed by atoms with van der Waals surface area (Å²) in [5, 5.41) is 31.6. The van der Waals surface area contributed by atoms with E-state index < -0.39 is 54.5 Å². The number of nitrogens with one attached hydrogen (secondary N) is 1. The summed E-state index contributed by atoms with van der Waals surface area (Å²) < 4.78 is 46.2. The van der Waals surface area contributed by atoms with Crippen LogP contribution < -0.4 is 5.32 Å². The molecule has 14 heteroatoms. The first-order chi connectivity index (χ1) is 20.1. The van der Waals surface area contributed by atoms with Crippen molar-refractivity contribution in [1.82, 2.24) is 15.1 Å². The van der Waals surface area contributed by atoms with Gasteiger partial charge >= 0.3 is 13.2 Å². The number of amides is 2. The number of nitrogens with zero attached hydrogens (tertiary/aromatic N) is 3. The molecule has 1 unspecified atom stereocenters. The fourth-order valence-electron chi connectivity index (χ4n) is 4.96. The average Bonchev–Trinajstić information content (AvgIpc) is 3.34. The van der Waals surface area contributed by atoms with Crippen LogP contribution in [0.25, 0.3) is 0 Å². The van der Waals surface area contributed by atoms with Gasteiger partial charge in [-0.15, -0.1) is 0 Å². The Hall–Kier alpha value is -2.73. The predicted octanol–water partition coefficient (Wildman–Crippen LogP) is 4.63. The van der Waals surface area contributed by atoms with Crippen molar-refractivity contribution in [3.05, 3.63) is 47.3 Å². The van der Waals surface area contributed by atoms with Gasteiger partial charge in [0, 0.05) is 25.0 Å². The van der Waals surface area contributed by atoms with Gasteiger partial charge in [-0.25, -0.2) is 18.0 Å². The monoisotopic (exact) mass is 644 g/mol. The fraction of sp³-hybridized carbons (Fsp3) is 0.633. The molecule has 2 heterocycles. The summed E-state index contributed by atoms with van der Waals surface area (Å²) in [4.78, 5) is 28.8. The van der Waals surface area contributed by atoms with Gasteiger partial charge in [-0.2, -0.15) is 17.9 Å². The highest BCUT2D eigenvalue weighted by molar-refractivity contribution is 7.79. The number of carbonyl (C=O) groups is 2. The summed E-state index contributed by atoms with van der Waals surface area (Å²) in [6.45, 7) is 8.93. The largest absolute Gasteiger partial charge is 0.475 e. The highest BCUT2D eigenvalue weighted by atomic mass is 32.1. The second-order valence-electron chi connectivity index (χ2n) is 11.0. The third-order valence-corrected chi connectivity index (χ3v) is 7.15. The van der Waals surface area contributed by atoms with E-state index in [2.05, 4.69) is 17.9 Å². The van der Waals surface area contributed by atoms with E-state index in [4.69, 9.17) is 4.74 Å². The molecule has 9 nitrogen and oxygen atoms in total. The number of hydrogen-bond donors (Lipinski definition) is 4. The minimum Gasteiger partial charge on any atom is -0.441 e. The van der Waals surface area contributed by atoms with E-state index in [1.807, 2.05) is 19.9 Å². The van der Waals surface area contributed by atoms with Crippen LogP contribution >= 0.6 is 12.6 Å². The van der Waals surface area contributed by atoms with Crippen LogP contribution in [0.15, 0.2) is 35.9 Å². The Morgan fingerprint density at radius 2 is 1.77 bits per heavy atom. The van der Waals surface area contributed by atoms with Crippen molar-refractivity contribution in [1.29, 1.82) is 5.26 Å². The molecule has 0 bridgehead atoms.